The van der Waals surface area contributed by atoms with Gasteiger partial charge >= 0.3 is 21.1 Å². The van der Waals surface area contributed by atoms with Gasteiger partial charge < -0.3 is 9.30 Å². The zero-order valence-corrected chi connectivity index (χ0v) is 29.5. The first-order valence-electron chi connectivity index (χ1n) is 16.2. The van der Waals surface area contributed by atoms with Crippen LogP contribution >= 0.6 is 0 Å². The summed E-state index contributed by atoms with van der Waals surface area (Å²) in [5, 5.41) is 6.97. The SMILES string of the molecule is CCCc1cccc(C)c1-c1cnn(-c2[c-]c(Oc3[c-]c4c(cc3)c3ccccc3n4-c3cc(CCC(C)C)ccn3)ccc2)c1.[Pt+2]. The third-order valence-corrected chi connectivity index (χ3v) is 8.58. The average Bonchev–Trinajstić information content (AvgIpc) is 3.67. The molecule has 0 radical (unpaired) electrons. The number of benzene rings is 4. The van der Waals surface area contributed by atoms with E-state index in [1.807, 2.05) is 41.3 Å². The van der Waals surface area contributed by atoms with Crippen molar-refractivity contribution >= 4 is 21.8 Å². The van der Waals surface area contributed by atoms with Crippen LogP contribution in [-0.4, -0.2) is 19.3 Å². The Bertz CT molecular complexity index is 2160. The second-order valence-corrected chi connectivity index (χ2v) is 12.4. The van der Waals surface area contributed by atoms with Crippen LogP contribution in [0.4, 0.5) is 0 Å². The maximum absolute atomic E-state index is 6.40. The number of ether oxygens (including phenoxy) is 1. The Morgan fingerprint density at radius 3 is 2.53 bits per heavy atom. The van der Waals surface area contributed by atoms with Gasteiger partial charge in [0, 0.05) is 35.0 Å². The fraction of sp³-hybridized carbons (Fsp3) is 0.220. The fourth-order valence-electron chi connectivity index (χ4n) is 6.32. The van der Waals surface area contributed by atoms with Crippen molar-refractivity contribution in [2.45, 2.75) is 53.4 Å². The van der Waals surface area contributed by atoms with Crippen molar-refractivity contribution in [1.29, 1.82) is 0 Å². The Hall–Kier alpha value is -4.47. The molecule has 0 aliphatic heterocycles. The predicted octanol–water partition coefficient (Wildman–Crippen LogP) is 10.3. The molecule has 3 aromatic heterocycles. The van der Waals surface area contributed by atoms with Crippen molar-refractivity contribution in [3.8, 4) is 34.1 Å². The van der Waals surface area contributed by atoms with Crippen molar-refractivity contribution in [2.24, 2.45) is 5.92 Å². The van der Waals surface area contributed by atoms with E-state index in [4.69, 9.17) is 14.8 Å². The van der Waals surface area contributed by atoms with Gasteiger partial charge in [0.15, 0.2) is 0 Å². The summed E-state index contributed by atoms with van der Waals surface area (Å²) < 4.78 is 10.5. The molecular formula is C41H38N4OPt. The van der Waals surface area contributed by atoms with E-state index in [0.717, 1.165) is 64.6 Å². The summed E-state index contributed by atoms with van der Waals surface area (Å²) in [6.45, 7) is 8.91. The van der Waals surface area contributed by atoms with Crippen LogP contribution in [0, 0.1) is 25.0 Å². The van der Waals surface area contributed by atoms with Gasteiger partial charge in [-0.1, -0.05) is 69.1 Å². The minimum Gasteiger partial charge on any atom is -0.509 e. The van der Waals surface area contributed by atoms with Gasteiger partial charge in [0.25, 0.3) is 0 Å². The number of aryl methyl sites for hydroxylation is 3. The third kappa shape index (κ3) is 6.68. The molecule has 0 N–H and O–H groups in total. The first kappa shape index (κ1) is 32.5. The fourth-order valence-corrected chi connectivity index (χ4v) is 6.32. The van der Waals surface area contributed by atoms with E-state index in [-0.39, 0.29) is 21.1 Å². The van der Waals surface area contributed by atoms with E-state index in [1.54, 1.807) is 0 Å². The molecule has 0 atom stereocenters. The van der Waals surface area contributed by atoms with Crippen LogP contribution in [0.2, 0.25) is 0 Å². The second-order valence-electron chi connectivity index (χ2n) is 12.4. The quantitative estimate of drug-likeness (QED) is 0.130. The Balaban J connectivity index is 0.00000386. The Morgan fingerprint density at radius 2 is 1.68 bits per heavy atom. The molecule has 0 amide bonds. The first-order chi connectivity index (χ1) is 22.5. The van der Waals surface area contributed by atoms with Crippen LogP contribution in [-0.2, 0) is 33.9 Å². The number of aromatic nitrogens is 4. The van der Waals surface area contributed by atoms with Crippen molar-refractivity contribution in [3.63, 3.8) is 0 Å². The molecule has 0 fully saturated rings. The summed E-state index contributed by atoms with van der Waals surface area (Å²) in [6, 6.07) is 36.3. The Labute approximate surface area is 291 Å². The zero-order valence-electron chi connectivity index (χ0n) is 27.2. The van der Waals surface area contributed by atoms with E-state index >= 15 is 0 Å². The summed E-state index contributed by atoms with van der Waals surface area (Å²) in [5.74, 6) is 2.75. The van der Waals surface area contributed by atoms with Crippen LogP contribution < -0.4 is 4.74 Å². The average molecular weight is 798 g/mol. The molecule has 0 saturated carbocycles. The molecule has 6 heteroatoms. The van der Waals surface area contributed by atoms with Crippen LogP contribution in [0.1, 0.15) is 50.3 Å². The summed E-state index contributed by atoms with van der Waals surface area (Å²) in [4.78, 5) is 4.80. The van der Waals surface area contributed by atoms with E-state index < -0.39 is 0 Å². The van der Waals surface area contributed by atoms with Gasteiger partial charge in [-0.25, -0.2) is 4.98 Å². The number of hydrogen-bond donors (Lipinski definition) is 0. The molecule has 0 unspecified atom stereocenters. The molecule has 0 spiro atoms. The van der Waals surface area contributed by atoms with Crippen molar-refractivity contribution in [1.82, 2.24) is 19.3 Å². The molecule has 0 bridgehead atoms. The van der Waals surface area contributed by atoms with Gasteiger partial charge in [-0.05, 0) is 83.6 Å². The number of nitrogens with zero attached hydrogens (tertiary/aromatic N) is 4. The number of hydrogen-bond acceptors (Lipinski definition) is 3. The largest absolute Gasteiger partial charge is 2.00 e. The maximum atomic E-state index is 6.40. The number of para-hydroxylation sites is 1. The zero-order chi connectivity index (χ0) is 31.6. The molecule has 0 aliphatic carbocycles. The third-order valence-electron chi connectivity index (χ3n) is 8.58. The van der Waals surface area contributed by atoms with Crippen LogP contribution in [0.25, 0.3) is 44.4 Å². The minimum absolute atomic E-state index is 0. The first-order valence-corrected chi connectivity index (χ1v) is 16.2. The van der Waals surface area contributed by atoms with Gasteiger partial charge in [0.05, 0.1) is 6.20 Å². The van der Waals surface area contributed by atoms with Crippen LogP contribution in [0.3, 0.4) is 0 Å². The molecule has 7 rings (SSSR count). The van der Waals surface area contributed by atoms with Gasteiger partial charge in [-0.2, -0.15) is 17.2 Å². The molecule has 238 valence electrons. The van der Waals surface area contributed by atoms with Crippen molar-refractivity contribution < 1.29 is 25.8 Å². The van der Waals surface area contributed by atoms with Crippen LogP contribution in [0.5, 0.6) is 11.5 Å². The number of rotatable bonds is 10. The van der Waals surface area contributed by atoms with E-state index in [0.29, 0.717) is 17.4 Å². The predicted molar refractivity (Wildman–Crippen MR) is 187 cm³/mol. The van der Waals surface area contributed by atoms with Gasteiger partial charge in [-0.15, -0.1) is 35.7 Å². The summed E-state index contributed by atoms with van der Waals surface area (Å²) >= 11 is 0. The number of fused-ring (bicyclic) bond motifs is 3. The smallest absolute Gasteiger partial charge is 0.509 e. The monoisotopic (exact) mass is 797 g/mol. The standard InChI is InChI=1S/C41H38N4O.Pt/c1-5-10-31-12-8-11-29(4)41(31)32-26-43-44(27-32)33-13-9-14-34(24-33)46-35-19-20-37-36-15-6-7-16-38(36)45(39(37)25-35)40-23-30(21-22-42-40)18-17-28(2)3;/h6-9,11-16,19-23,26-28H,5,10,17-18H2,1-4H3;/q-2;+2. The Morgan fingerprint density at radius 1 is 0.851 bits per heavy atom. The molecule has 47 heavy (non-hydrogen) atoms. The summed E-state index contributed by atoms with van der Waals surface area (Å²) in [5.41, 5.74) is 9.10. The summed E-state index contributed by atoms with van der Waals surface area (Å²) in [6.07, 6.45) is 10.2. The molecule has 5 nitrogen and oxygen atoms in total. The Kier molecular flexibility index (Phi) is 9.75. The molecular weight excluding hydrogens is 760 g/mol. The van der Waals surface area contributed by atoms with Gasteiger partial charge in [-0.3, -0.25) is 4.68 Å². The van der Waals surface area contributed by atoms with E-state index in [9.17, 15) is 0 Å². The second kappa shape index (κ2) is 14.1. The number of pyridine rings is 1. The van der Waals surface area contributed by atoms with Gasteiger partial charge in [0.2, 0.25) is 0 Å². The van der Waals surface area contributed by atoms with E-state index in [2.05, 4.69) is 111 Å². The molecule has 3 heterocycles. The van der Waals surface area contributed by atoms with E-state index in [1.165, 1.54) is 22.3 Å². The minimum atomic E-state index is 0. The molecule has 7 aromatic rings. The van der Waals surface area contributed by atoms with Gasteiger partial charge in [0.1, 0.15) is 5.82 Å². The summed E-state index contributed by atoms with van der Waals surface area (Å²) in [7, 11) is 0. The van der Waals surface area contributed by atoms with Crippen LogP contribution in [0.15, 0.2) is 104 Å². The van der Waals surface area contributed by atoms with Crippen molar-refractivity contribution in [2.75, 3.05) is 0 Å². The van der Waals surface area contributed by atoms with Crippen molar-refractivity contribution in [3.05, 3.63) is 132 Å². The maximum Gasteiger partial charge on any atom is 2.00 e. The molecule has 0 aliphatic rings. The molecule has 0 saturated heterocycles. The topological polar surface area (TPSA) is 44.9 Å². The normalized spacial score (nSPS) is 11.3. The molecule has 4 aromatic carbocycles.